The maximum Gasteiger partial charge on any atom is 0.197 e. The van der Waals surface area contributed by atoms with Crippen molar-refractivity contribution in [1.82, 2.24) is 19.7 Å². The van der Waals surface area contributed by atoms with Gasteiger partial charge in [0.2, 0.25) is 0 Å². The molecule has 2 N–H and O–H groups in total. The Morgan fingerprint density at radius 3 is 2.71 bits per heavy atom. The van der Waals surface area contributed by atoms with Crippen LogP contribution in [0.2, 0.25) is 0 Å². The van der Waals surface area contributed by atoms with E-state index in [1.807, 2.05) is 43.3 Å². The first-order chi connectivity index (χ1) is 10.3. The Kier molecular flexibility index (Phi) is 3.51. The highest BCUT2D eigenvalue weighted by molar-refractivity contribution is 5.58. The number of nitrogens with two attached hydrogens (primary N) is 1. The van der Waals surface area contributed by atoms with E-state index in [4.69, 9.17) is 10.5 Å². The summed E-state index contributed by atoms with van der Waals surface area (Å²) in [6.07, 6.45) is 3.32. The second kappa shape index (κ2) is 5.62. The third-order valence-corrected chi connectivity index (χ3v) is 2.93. The van der Waals surface area contributed by atoms with Crippen molar-refractivity contribution in [3.8, 4) is 23.0 Å². The van der Waals surface area contributed by atoms with Crippen LogP contribution in [-0.4, -0.2) is 26.4 Å². The molecule has 0 aliphatic rings. The number of ether oxygens (including phenoxy) is 1. The lowest BCUT2D eigenvalue weighted by molar-refractivity contribution is 0.336. The predicted octanol–water partition coefficient (Wildman–Crippen LogP) is 2.31. The maximum atomic E-state index is 5.68. The molecule has 6 heteroatoms. The number of pyridine rings is 1. The summed E-state index contributed by atoms with van der Waals surface area (Å²) < 4.78 is 7.16. The van der Waals surface area contributed by atoms with Gasteiger partial charge in [-0.05, 0) is 43.3 Å². The molecular weight excluding hydrogens is 266 g/mol. The molecule has 0 atom stereocenters. The van der Waals surface area contributed by atoms with Crippen molar-refractivity contribution < 1.29 is 4.74 Å². The number of nitrogen functional groups attached to an aromatic ring is 1. The monoisotopic (exact) mass is 281 g/mol. The van der Waals surface area contributed by atoms with E-state index in [1.54, 1.807) is 17.2 Å². The number of aromatic nitrogens is 4. The number of nitrogens with zero attached hydrogens (tertiary/aromatic N) is 4. The van der Waals surface area contributed by atoms with Crippen molar-refractivity contribution in [3.63, 3.8) is 0 Å². The van der Waals surface area contributed by atoms with Crippen LogP contribution in [0.25, 0.3) is 17.2 Å². The van der Waals surface area contributed by atoms with Gasteiger partial charge in [-0.2, -0.15) is 4.68 Å². The lowest BCUT2D eigenvalue weighted by Crippen LogP contribution is -2.03. The van der Waals surface area contributed by atoms with Gasteiger partial charge in [-0.25, -0.2) is 9.97 Å². The first-order valence-corrected chi connectivity index (χ1v) is 6.63. The quantitative estimate of drug-likeness (QED) is 0.742. The summed E-state index contributed by atoms with van der Waals surface area (Å²) >= 11 is 0. The molecule has 106 valence electrons. The van der Waals surface area contributed by atoms with E-state index in [2.05, 4.69) is 15.1 Å². The first-order valence-electron chi connectivity index (χ1n) is 6.63. The molecule has 21 heavy (non-hydrogen) atoms. The molecule has 2 heterocycles. The molecule has 0 spiro atoms. The summed E-state index contributed by atoms with van der Waals surface area (Å²) in [6.45, 7) is 2.50. The van der Waals surface area contributed by atoms with E-state index in [9.17, 15) is 0 Å². The normalized spacial score (nSPS) is 10.5. The Balaban J connectivity index is 1.97. The summed E-state index contributed by atoms with van der Waals surface area (Å²) in [5.41, 5.74) is 7.29. The van der Waals surface area contributed by atoms with Crippen molar-refractivity contribution >= 4 is 5.69 Å². The third kappa shape index (κ3) is 2.69. The van der Waals surface area contributed by atoms with Crippen LogP contribution in [0, 0.1) is 0 Å². The zero-order valence-corrected chi connectivity index (χ0v) is 11.6. The Hall–Kier alpha value is -2.89. The van der Waals surface area contributed by atoms with Gasteiger partial charge in [-0.3, -0.25) is 0 Å². The molecule has 0 fully saturated rings. The van der Waals surface area contributed by atoms with Gasteiger partial charge in [0.15, 0.2) is 17.4 Å². The van der Waals surface area contributed by atoms with Gasteiger partial charge in [0, 0.05) is 17.4 Å². The van der Waals surface area contributed by atoms with Gasteiger partial charge in [-0.1, -0.05) is 0 Å². The van der Waals surface area contributed by atoms with Crippen LogP contribution in [0.15, 0.2) is 48.9 Å². The average molecular weight is 281 g/mol. The standard InChI is InChI=1S/C15H15N5O/c1-2-21-13-4-3-9-17-15(13)20-10-18-14(19-20)11-5-7-12(16)8-6-11/h3-10H,2,16H2,1H3. The molecule has 0 bridgehead atoms. The molecule has 0 amide bonds. The maximum absolute atomic E-state index is 5.68. The summed E-state index contributed by atoms with van der Waals surface area (Å²) in [7, 11) is 0. The predicted molar refractivity (Wildman–Crippen MR) is 80.2 cm³/mol. The zero-order chi connectivity index (χ0) is 14.7. The molecule has 2 aromatic heterocycles. The molecule has 0 saturated heterocycles. The van der Waals surface area contributed by atoms with Crippen LogP contribution in [0.1, 0.15) is 6.92 Å². The molecule has 0 unspecified atom stereocenters. The molecular formula is C15H15N5O. The first kappa shape index (κ1) is 13.1. The minimum absolute atomic E-state index is 0.568. The van der Waals surface area contributed by atoms with E-state index in [1.165, 1.54) is 0 Å². The van der Waals surface area contributed by atoms with Gasteiger partial charge in [0.1, 0.15) is 6.33 Å². The summed E-state index contributed by atoms with van der Waals surface area (Å²) in [4.78, 5) is 8.61. The Bertz CT molecular complexity index is 736. The van der Waals surface area contributed by atoms with Crippen LogP contribution in [0.5, 0.6) is 5.75 Å². The smallest absolute Gasteiger partial charge is 0.197 e. The highest BCUT2D eigenvalue weighted by Crippen LogP contribution is 2.21. The Morgan fingerprint density at radius 2 is 1.95 bits per heavy atom. The van der Waals surface area contributed by atoms with Crippen LogP contribution < -0.4 is 10.5 Å². The SMILES string of the molecule is CCOc1cccnc1-n1cnc(-c2ccc(N)cc2)n1. The number of hydrogen-bond donors (Lipinski definition) is 1. The van der Waals surface area contributed by atoms with Crippen molar-refractivity contribution in [3.05, 3.63) is 48.9 Å². The summed E-state index contributed by atoms with van der Waals surface area (Å²) in [5.74, 6) is 1.91. The van der Waals surface area contributed by atoms with E-state index in [0.29, 0.717) is 29.7 Å². The molecule has 0 aliphatic carbocycles. The topological polar surface area (TPSA) is 78.8 Å². The highest BCUT2D eigenvalue weighted by atomic mass is 16.5. The summed E-state index contributed by atoms with van der Waals surface area (Å²) in [6, 6.07) is 11.1. The van der Waals surface area contributed by atoms with Crippen molar-refractivity contribution in [2.45, 2.75) is 6.92 Å². The molecule has 3 rings (SSSR count). The van der Waals surface area contributed by atoms with Gasteiger partial charge in [-0.15, -0.1) is 5.10 Å². The number of rotatable bonds is 4. The fourth-order valence-electron chi connectivity index (χ4n) is 1.95. The Morgan fingerprint density at radius 1 is 1.14 bits per heavy atom. The lowest BCUT2D eigenvalue weighted by atomic mass is 10.2. The fourth-order valence-corrected chi connectivity index (χ4v) is 1.95. The fraction of sp³-hybridized carbons (Fsp3) is 0.133. The summed E-state index contributed by atoms with van der Waals surface area (Å²) in [5, 5.41) is 4.45. The second-order valence-corrected chi connectivity index (χ2v) is 4.39. The van der Waals surface area contributed by atoms with E-state index < -0.39 is 0 Å². The van der Waals surface area contributed by atoms with Crippen LogP contribution in [0.3, 0.4) is 0 Å². The van der Waals surface area contributed by atoms with Gasteiger partial charge >= 0.3 is 0 Å². The van der Waals surface area contributed by atoms with E-state index in [-0.39, 0.29) is 0 Å². The Labute approximate surface area is 122 Å². The van der Waals surface area contributed by atoms with E-state index >= 15 is 0 Å². The minimum atomic E-state index is 0.568. The number of anilines is 1. The third-order valence-electron chi connectivity index (χ3n) is 2.93. The molecule has 3 aromatic rings. The van der Waals surface area contributed by atoms with Crippen molar-refractivity contribution in [1.29, 1.82) is 0 Å². The molecule has 6 nitrogen and oxygen atoms in total. The van der Waals surface area contributed by atoms with E-state index in [0.717, 1.165) is 5.56 Å². The van der Waals surface area contributed by atoms with Crippen molar-refractivity contribution in [2.75, 3.05) is 12.3 Å². The second-order valence-electron chi connectivity index (χ2n) is 4.39. The van der Waals surface area contributed by atoms with Crippen LogP contribution >= 0.6 is 0 Å². The van der Waals surface area contributed by atoms with Gasteiger partial charge in [0.25, 0.3) is 0 Å². The molecule has 0 radical (unpaired) electrons. The highest BCUT2D eigenvalue weighted by Gasteiger charge is 2.10. The molecule has 1 aromatic carbocycles. The zero-order valence-electron chi connectivity index (χ0n) is 11.6. The number of hydrogen-bond acceptors (Lipinski definition) is 5. The van der Waals surface area contributed by atoms with Crippen molar-refractivity contribution in [2.24, 2.45) is 0 Å². The number of benzene rings is 1. The van der Waals surface area contributed by atoms with Gasteiger partial charge < -0.3 is 10.5 Å². The molecule has 0 aliphatic heterocycles. The largest absolute Gasteiger partial charge is 0.490 e. The van der Waals surface area contributed by atoms with Gasteiger partial charge in [0.05, 0.1) is 6.61 Å². The average Bonchev–Trinajstić information content (AvgIpc) is 2.99. The minimum Gasteiger partial charge on any atom is -0.490 e. The van der Waals surface area contributed by atoms with Crippen LogP contribution in [-0.2, 0) is 0 Å². The molecule has 0 saturated carbocycles. The van der Waals surface area contributed by atoms with Crippen LogP contribution in [0.4, 0.5) is 5.69 Å². The lowest BCUT2D eigenvalue weighted by Gasteiger charge is -2.07.